The number of carbonyl (C=O) groups is 3. The maximum Gasteiger partial charge on any atom is 0.339 e. The monoisotopic (exact) mass is 535 g/mol. The molecule has 1 atom stereocenters. The van der Waals surface area contributed by atoms with E-state index in [1.807, 2.05) is 0 Å². The van der Waals surface area contributed by atoms with Gasteiger partial charge >= 0.3 is 5.97 Å². The predicted molar refractivity (Wildman–Crippen MR) is 144 cm³/mol. The molecule has 1 amide bonds. The molecule has 4 saturated carbocycles. The molecule has 2 aromatic carbocycles. The zero-order chi connectivity index (χ0) is 27.7. The van der Waals surface area contributed by atoms with Gasteiger partial charge in [0.2, 0.25) is 0 Å². The summed E-state index contributed by atoms with van der Waals surface area (Å²) in [6.45, 7) is 3.29. The van der Waals surface area contributed by atoms with Crippen LogP contribution in [0.5, 0.6) is 17.2 Å². The van der Waals surface area contributed by atoms with Crippen LogP contribution in [0.2, 0.25) is 0 Å². The van der Waals surface area contributed by atoms with Crippen LogP contribution >= 0.6 is 0 Å². The fourth-order valence-corrected chi connectivity index (χ4v) is 7.06. The number of ketones is 1. The molecule has 8 heteroatoms. The number of esters is 1. The number of ether oxygens (including phenoxy) is 4. The quantitative estimate of drug-likeness (QED) is 0.333. The summed E-state index contributed by atoms with van der Waals surface area (Å²) in [7, 11) is 3.02. The van der Waals surface area contributed by atoms with Crippen molar-refractivity contribution in [2.45, 2.75) is 70.6 Å². The van der Waals surface area contributed by atoms with Crippen LogP contribution in [-0.2, 0) is 16.1 Å². The summed E-state index contributed by atoms with van der Waals surface area (Å²) in [5.74, 6) is 2.58. The molecule has 0 saturated heterocycles. The highest BCUT2D eigenvalue weighted by atomic mass is 16.5. The van der Waals surface area contributed by atoms with Crippen molar-refractivity contribution < 1.29 is 33.3 Å². The Labute approximate surface area is 229 Å². The molecule has 4 aliphatic carbocycles. The van der Waals surface area contributed by atoms with Crippen LogP contribution in [0.3, 0.4) is 0 Å². The van der Waals surface area contributed by atoms with E-state index in [4.69, 9.17) is 18.9 Å². The average Bonchev–Trinajstić information content (AvgIpc) is 2.90. The summed E-state index contributed by atoms with van der Waals surface area (Å²) in [6, 6.07) is 9.94. The minimum Gasteiger partial charge on any atom is -0.496 e. The number of Topliss-reactive ketones (excluding diaryl/α,β-unsaturated/α-hetero) is 1. The molecule has 4 fully saturated rings. The van der Waals surface area contributed by atoms with Crippen molar-refractivity contribution in [1.82, 2.24) is 5.32 Å². The van der Waals surface area contributed by atoms with Gasteiger partial charge in [-0.3, -0.25) is 9.59 Å². The Morgan fingerprint density at radius 2 is 1.46 bits per heavy atom. The van der Waals surface area contributed by atoms with Gasteiger partial charge < -0.3 is 24.3 Å². The lowest BCUT2D eigenvalue weighted by Crippen LogP contribution is -2.61. The largest absolute Gasteiger partial charge is 0.496 e. The number of nitrogens with one attached hydrogen (secondary N) is 1. The van der Waals surface area contributed by atoms with Gasteiger partial charge in [-0.15, -0.1) is 0 Å². The molecule has 8 nitrogen and oxygen atoms in total. The van der Waals surface area contributed by atoms with Crippen LogP contribution in [0.25, 0.3) is 0 Å². The fourth-order valence-electron chi connectivity index (χ4n) is 7.06. The number of rotatable bonds is 10. The number of methoxy groups -OCH3 is 2. The second-order valence-electron chi connectivity index (χ2n) is 11.5. The standard InChI is InChI=1S/C31H37NO7/c1-18(33)23-5-6-25(27(12-23)36-3)17-38-26-8-7-24(13-28(26)37-4)30(35)39-19(2)29(34)32-31-14-20-9-21(15-31)11-22(10-20)16-31/h5-8,12-13,19-22H,9-11,14-17H2,1-4H3,(H,32,34)/t19-,20?,21?,22?,31?/m1/s1. The number of carbonyl (C=O) groups excluding carboxylic acids is 3. The van der Waals surface area contributed by atoms with Crippen LogP contribution in [-0.4, -0.2) is 43.5 Å². The van der Waals surface area contributed by atoms with Crippen LogP contribution in [0.4, 0.5) is 0 Å². The molecule has 0 spiro atoms. The van der Waals surface area contributed by atoms with Crippen molar-refractivity contribution in [2.24, 2.45) is 17.8 Å². The van der Waals surface area contributed by atoms with E-state index in [0.29, 0.717) is 40.6 Å². The smallest absolute Gasteiger partial charge is 0.339 e. The van der Waals surface area contributed by atoms with Gasteiger partial charge in [-0.05, 0) is 94.4 Å². The molecule has 0 radical (unpaired) electrons. The summed E-state index contributed by atoms with van der Waals surface area (Å²) in [4.78, 5) is 37.6. The summed E-state index contributed by atoms with van der Waals surface area (Å²) >= 11 is 0. The highest BCUT2D eigenvalue weighted by molar-refractivity contribution is 5.94. The topological polar surface area (TPSA) is 100 Å². The first-order chi connectivity index (χ1) is 18.7. The van der Waals surface area contributed by atoms with Crippen molar-refractivity contribution in [2.75, 3.05) is 14.2 Å². The van der Waals surface area contributed by atoms with E-state index >= 15 is 0 Å². The molecule has 208 valence electrons. The van der Waals surface area contributed by atoms with Gasteiger partial charge in [-0.1, -0.05) is 12.1 Å². The first-order valence-electron chi connectivity index (χ1n) is 13.7. The van der Waals surface area contributed by atoms with Crippen molar-refractivity contribution in [1.29, 1.82) is 0 Å². The summed E-state index contributed by atoms with van der Waals surface area (Å²) in [5, 5.41) is 3.27. The lowest BCUT2D eigenvalue weighted by atomic mass is 9.53. The third kappa shape index (κ3) is 5.75. The Bertz CT molecular complexity index is 1230. The number of hydrogen-bond donors (Lipinski definition) is 1. The van der Waals surface area contributed by atoms with Gasteiger partial charge in [0, 0.05) is 16.7 Å². The second-order valence-corrected chi connectivity index (χ2v) is 11.5. The van der Waals surface area contributed by atoms with Gasteiger partial charge in [0.1, 0.15) is 12.4 Å². The van der Waals surface area contributed by atoms with Crippen LogP contribution in [0, 0.1) is 17.8 Å². The lowest BCUT2D eigenvalue weighted by Gasteiger charge is -2.57. The van der Waals surface area contributed by atoms with Gasteiger partial charge in [0.05, 0.1) is 19.8 Å². The lowest BCUT2D eigenvalue weighted by molar-refractivity contribution is -0.134. The number of hydrogen-bond acceptors (Lipinski definition) is 7. The molecule has 0 aliphatic heterocycles. The highest BCUT2D eigenvalue weighted by Crippen LogP contribution is 2.55. The van der Waals surface area contributed by atoms with Crippen molar-refractivity contribution in [3.05, 3.63) is 53.1 Å². The third-order valence-corrected chi connectivity index (χ3v) is 8.56. The zero-order valence-corrected chi connectivity index (χ0v) is 23.1. The van der Waals surface area contributed by atoms with E-state index < -0.39 is 12.1 Å². The Hall–Kier alpha value is -3.55. The SMILES string of the molecule is COc1cc(C(C)=O)ccc1COc1ccc(C(=O)O[C@H](C)C(=O)NC23CC4CC(CC(C4)C2)C3)cc1OC. The minimum absolute atomic E-state index is 0.0514. The molecule has 0 aromatic heterocycles. The maximum absolute atomic E-state index is 13.0. The van der Waals surface area contributed by atoms with Crippen molar-refractivity contribution in [3.63, 3.8) is 0 Å². The minimum atomic E-state index is -0.905. The Morgan fingerprint density at radius 3 is 2.05 bits per heavy atom. The maximum atomic E-state index is 13.0. The average molecular weight is 536 g/mol. The van der Waals surface area contributed by atoms with E-state index in [9.17, 15) is 14.4 Å². The third-order valence-electron chi connectivity index (χ3n) is 8.56. The van der Waals surface area contributed by atoms with Gasteiger partial charge in [0.25, 0.3) is 5.91 Å². The van der Waals surface area contributed by atoms with Crippen LogP contribution in [0.1, 0.15) is 78.7 Å². The number of amides is 1. The molecule has 4 bridgehead atoms. The van der Waals surface area contributed by atoms with E-state index in [1.165, 1.54) is 46.5 Å². The Balaban J connectivity index is 1.20. The second kappa shape index (κ2) is 10.9. The van der Waals surface area contributed by atoms with Gasteiger partial charge in [-0.2, -0.15) is 0 Å². The van der Waals surface area contributed by atoms with E-state index in [-0.39, 0.29) is 29.4 Å². The molecule has 0 heterocycles. The van der Waals surface area contributed by atoms with E-state index in [1.54, 1.807) is 37.3 Å². The van der Waals surface area contributed by atoms with E-state index in [2.05, 4.69) is 5.32 Å². The summed E-state index contributed by atoms with van der Waals surface area (Å²) in [5.41, 5.74) is 1.44. The summed E-state index contributed by atoms with van der Waals surface area (Å²) < 4.78 is 22.4. The van der Waals surface area contributed by atoms with E-state index in [0.717, 1.165) is 24.8 Å². The zero-order valence-electron chi connectivity index (χ0n) is 23.1. The number of benzene rings is 2. The molecule has 39 heavy (non-hydrogen) atoms. The molecule has 1 N–H and O–H groups in total. The highest BCUT2D eigenvalue weighted by Gasteiger charge is 2.51. The van der Waals surface area contributed by atoms with Crippen molar-refractivity contribution >= 4 is 17.7 Å². The fraction of sp³-hybridized carbons (Fsp3) is 0.516. The predicted octanol–water partition coefficient (Wildman–Crippen LogP) is 5.12. The van der Waals surface area contributed by atoms with Gasteiger partial charge in [0.15, 0.2) is 23.4 Å². The normalized spacial score (nSPS) is 25.5. The molecule has 0 unspecified atom stereocenters. The Morgan fingerprint density at radius 1 is 0.872 bits per heavy atom. The molecular formula is C31H37NO7. The van der Waals surface area contributed by atoms with Crippen LogP contribution in [0.15, 0.2) is 36.4 Å². The van der Waals surface area contributed by atoms with Gasteiger partial charge in [-0.25, -0.2) is 4.79 Å². The van der Waals surface area contributed by atoms with Crippen LogP contribution < -0.4 is 19.5 Å². The first kappa shape index (κ1) is 27.0. The summed E-state index contributed by atoms with van der Waals surface area (Å²) in [6.07, 6.45) is 6.09. The molecular weight excluding hydrogens is 498 g/mol. The molecule has 4 aliphatic rings. The van der Waals surface area contributed by atoms with Crippen molar-refractivity contribution in [3.8, 4) is 17.2 Å². The first-order valence-corrected chi connectivity index (χ1v) is 13.7. The Kier molecular flexibility index (Phi) is 7.56. The molecule has 6 rings (SSSR count). The molecule has 2 aromatic rings.